The Morgan fingerprint density at radius 2 is 2.28 bits per heavy atom. The standard InChI is InChI=1S/C12H13ClFN3O/c1-17-12(15)8(6-16-17)11(18)5-7-2-3-10(14)9(13)4-7/h2-4,6,11,18H,5,15H2,1H3. The molecule has 6 heteroatoms. The number of aliphatic hydroxyl groups excluding tert-OH is 1. The molecule has 0 radical (unpaired) electrons. The van der Waals surface area contributed by atoms with Gasteiger partial charge in [0, 0.05) is 19.0 Å². The molecule has 0 aliphatic rings. The van der Waals surface area contributed by atoms with Crippen molar-refractivity contribution in [3.63, 3.8) is 0 Å². The summed E-state index contributed by atoms with van der Waals surface area (Å²) in [6.07, 6.45) is 1.03. The third kappa shape index (κ3) is 2.47. The molecular weight excluding hydrogens is 257 g/mol. The van der Waals surface area contributed by atoms with E-state index < -0.39 is 11.9 Å². The number of aryl methyl sites for hydroxylation is 1. The van der Waals surface area contributed by atoms with Gasteiger partial charge >= 0.3 is 0 Å². The fourth-order valence-corrected chi connectivity index (χ4v) is 1.92. The summed E-state index contributed by atoms with van der Waals surface area (Å²) in [6, 6.07) is 4.35. The number of nitrogen functional groups attached to an aromatic ring is 1. The van der Waals surface area contributed by atoms with E-state index in [4.69, 9.17) is 17.3 Å². The molecule has 1 aromatic carbocycles. The van der Waals surface area contributed by atoms with E-state index in [9.17, 15) is 9.50 Å². The SMILES string of the molecule is Cn1ncc(C(O)Cc2ccc(F)c(Cl)c2)c1N. The number of nitrogens with two attached hydrogens (primary N) is 1. The van der Waals surface area contributed by atoms with Crippen LogP contribution >= 0.6 is 11.6 Å². The molecular formula is C12H13ClFN3O. The van der Waals surface area contributed by atoms with Gasteiger partial charge in [0.2, 0.25) is 0 Å². The number of hydrogen-bond acceptors (Lipinski definition) is 3. The highest BCUT2D eigenvalue weighted by atomic mass is 35.5. The molecule has 3 N–H and O–H groups in total. The van der Waals surface area contributed by atoms with Crippen LogP contribution in [0.4, 0.5) is 10.2 Å². The van der Waals surface area contributed by atoms with Crippen molar-refractivity contribution >= 4 is 17.4 Å². The van der Waals surface area contributed by atoms with Crippen molar-refractivity contribution in [1.29, 1.82) is 0 Å². The lowest BCUT2D eigenvalue weighted by Crippen LogP contribution is -2.06. The Balaban J connectivity index is 2.18. The first-order chi connectivity index (χ1) is 8.49. The van der Waals surface area contributed by atoms with E-state index in [1.807, 2.05) is 0 Å². The van der Waals surface area contributed by atoms with E-state index in [1.165, 1.54) is 23.0 Å². The maximum Gasteiger partial charge on any atom is 0.141 e. The average Bonchev–Trinajstić information content (AvgIpc) is 2.65. The lowest BCUT2D eigenvalue weighted by Gasteiger charge is -2.10. The van der Waals surface area contributed by atoms with Crippen LogP contribution in [0.2, 0.25) is 5.02 Å². The summed E-state index contributed by atoms with van der Waals surface area (Å²) < 4.78 is 14.5. The van der Waals surface area contributed by atoms with Gasteiger partial charge in [0.1, 0.15) is 11.6 Å². The molecule has 0 amide bonds. The molecule has 18 heavy (non-hydrogen) atoms. The van der Waals surface area contributed by atoms with Gasteiger partial charge in [0.25, 0.3) is 0 Å². The zero-order valence-corrected chi connectivity index (χ0v) is 10.5. The Labute approximate surface area is 109 Å². The van der Waals surface area contributed by atoms with Gasteiger partial charge in [0.05, 0.1) is 17.3 Å². The summed E-state index contributed by atoms with van der Waals surface area (Å²) in [7, 11) is 1.69. The number of benzene rings is 1. The Bertz CT molecular complexity index is 570. The number of aromatic nitrogens is 2. The van der Waals surface area contributed by atoms with Crippen LogP contribution in [0, 0.1) is 5.82 Å². The van der Waals surface area contributed by atoms with Gasteiger partial charge in [0.15, 0.2) is 0 Å². The number of anilines is 1. The first-order valence-corrected chi connectivity index (χ1v) is 5.76. The molecule has 0 aliphatic carbocycles. The molecule has 1 heterocycles. The summed E-state index contributed by atoms with van der Waals surface area (Å²) in [6.45, 7) is 0. The molecule has 96 valence electrons. The molecule has 1 unspecified atom stereocenters. The third-order valence-electron chi connectivity index (χ3n) is 2.79. The molecule has 2 aromatic rings. The number of hydrogen-bond donors (Lipinski definition) is 2. The maximum atomic E-state index is 13.0. The van der Waals surface area contributed by atoms with E-state index in [0.29, 0.717) is 17.8 Å². The number of aliphatic hydroxyl groups is 1. The Morgan fingerprint density at radius 1 is 1.56 bits per heavy atom. The van der Waals surface area contributed by atoms with Gasteiger partial charge < -0.3 is 10.8 Å². The van der Waals surface area contributed by atoms with Crippen molar-refractivity contribution in [2.24, 2.45) is 7.05 Å². The topological polar surface area (TPSA) is 64.1 Å². The molecule has 0 aliphatic heterocycles. The second-order valence-electron chi connectivity index (χ2n) is 4.08. The van der Waals surface area contributed by atoms with Gasteiger partial charge in [-0.05, 0) is 17.7 Å². The minimum absolute atomic E-state index is 0.0406. The monoisotopic (exact) mass is 269 g/mol. The second-order valence-corrected chi connectivity index (χ2v) is 4.48. The lowest BCUT2D eigenvalue weighted by atomic mass is 10.0. The predicted octanol–water partition coefficient (Wildman–Crippen LogP) is 2.07. The quantitative estimate of drug-likeness (QED) is 0.897. The second kappa shape index (κ2) is 4.96. The fourth-order valence-electron chi connectivity index (χ4n) is 1.72. The lowest BCUT2D eigenvalue weighted by molar-refractivity contribution is 0.179. The minimum atomic E-state index is -0.791. The molecule has 1 atom stereocenters. The zero-order valence-electron chi connectivity index (χ0n) is 9.77. The third-order valence-corrected chi connectivity index (χ3v) is 3.08. The van der Waals surface area contributed by atoms with E-state index in [2.05, 4.69) is 5.10 Å². The molecule has 4 nitrogen and oxygen atoms in total. The van der Waals surface area contributed by atoms with Crippen molar-refractivity contribution in [2.75, 3.05) is 5.73 Å². The molecule has 0 bridgehead atoms. The maximum absolute atomic E-state index is 13.0. The van der Waals surface area contributed by atoms with Gasteiger partial charge in [-0.25, -0.2) is 4.39 Å². The molecule has 0 saturated carbocycles. The summed E-state index contributed by atoms with van der Waals surface area (Å²) in [5.74, 6) is -0.0634. The number of halogens is 2. The van der Waals surface area contributed by atoms with Crippen molar-refractivity contribution < 1.29 is 9.50 Å². The summed E-state index contributed by atoms with van der Waals surface area (Å²) in [5.41, 5.74) is 7.05. The van der Waals surface area contributed by atoms with Gasteiger partial charge in [-0.2, -0.15) is 5.10 Å². The van der Waals surface area contributed by atoms with Gasteiger partial charge in [-0.1, -0.05) is 17.7 Å². The first kappa shape index (κ1) is 12.9. The van der Waals surface area contributed by atoms with Crippen LogP contribution in [0.25, 0.3) is 0 Å². The predicted molar refractivity (Wildman–Crippen MR) is 67.7 cm³/mol. The number of nitrogens with zero attached hydrogens (tertiary/aromatic N) is 2. The van der Waals surface area contributed by atoms with Gasteiger partial charge in [-0.3, -0.25) is 4.68 Å². The van der Waals surface area contributed by atoms with Gasteiger partial charge in [-0.15, -0.1) is 0 Å². The van der Waals surface area contributed by atoms with Crippen LogP contribution in [0.5, 0.6) is 0 Å². The van der Waals surface area contributed by atoms with Crippen molar-refractivity contribution in [2.45, 2.75) is 12.5 Å². The summed E-state index contributed by atoms with van der Waals surface area (Å²) >= 11 is 5.68. The van der Waals surface area contributed by atoms with Crippen LogP contribution in [-0.4, -0.2) is 14.9 Å². The van der Waals surface area contributed by atoms with Crippen LogP contribution in [0.3, 0.4) is 0 Å². The smallest absolute Gasteiger partial charge is 0.141 e. The van der Waals surface area contributed by atoms with Crippen LogP contribution in [0.1, 0.15) is 17.2 Å². The highest BCUT2D eigenvalue weighted by molar-refractivity contribution is 6.30. The van der Waals surface area contributed by atoms with E-state index in [0.717, 1.165) is 5.56 Å². The van der Waals surface area contributed by atoms with E-state index in [1.54, 1.807) is 13.1 Å². The average molecular weight is 270 g/mol. The molecule has 2 rings (SSSR count). The van der Waals surface area contributed by atoms with Crippen molar-refractivity contribution in [3.05, 3.63) is 46.4 Å². The highest BCUT2D eigenvalue weighted by Gasteiger charge is 2.15. The number of rotatable bonds is 3. The Hall–Kier alpha value is -1.59. The molecule has 1 aromatic heterocycles. The Kier molecular flexibility index (Phi) is 3.54. The van der Waals surface area contributed by atoms with E-state index >= 15 is 0 Å². The zero-order chi connectivity index (χ0) is 13.3. The first-order valence-electron chi connectivity index (χ1n) is 5.38. The van der Waals surface area contributed by atoms with Crippen LogP contribution in [-0.2, 0) is 13.5 Å². The van der Waals surface area contributed by atoms with Crippen molar-refractivity contribution in [1.82, 2.24) is 9.78 Å². The minimum Gasteiger partial charge on any atom is -0.388 e. The summed E-state index contributed by atoms with van der Waals surface area (Å²) in [4.78, 5) is 0. The Morgan fingerprint density at radius 3 is 2.83 bits per heavy atom. The normalized spacial score (nSPS) is 12.7. The summed E-state index contributed by atoms with van der Waals surface area (Å²) in [5, 5.41) is 14.1. The molecule has 0 saturated heterocycles. The van der Waals surface area contributed by atoms with E-state index in [-0.39, 0.29) is 5.02 Å². The van der Waals surface area contributed by atoms with Crippen LogP contribution < -0.4 is 5.73 Å². The van der Waals surface area contributed by atoms with Crippen molar-refractivity contribution in [3.8, 4) is 0 Å². The highest BCUT2D eigenvalue weighted by Crippen LogP contribution is 2.25. The largest absolute Gasteiger partial charge is 0.388 e. The molecule has 0 spiro atoms. The van der Waals surface area contributed by atoms with Crippen LogP contribution in [0.15, 0.2) is 24.4 Å². The molecule has 0 fully saturated rings. The fraction of sp³-hybridized carbons (Fsp3) is 0.250.